The van der Waals surface area contributed by atoms with Crippen LogP contribution in [0.4, 0.5) is 13.2 Å². The molecule has 0 aliphatic rings. The lowest BCUT2D eigenvalue weighted by Gasteiger charge is -2.17. The summed E-state index contributed by atoms with van der Waals surface area (Å²) in [4.78, 5) is 4.03. The zero-order valence-corrected chi connectivity index (χ0v) is 12.1. The normalized spacial score (nSPS) is 13.2. The number of ether oxygens (including phenoxy) is 1. The first kappa shape index (κ1) is 15.4. The molecule has 0 aliphatic carbocycles. The largest absolute Gasteiger partial charge is 0.573 e. The third-order valence-corrected chi connectivity index (χ3v) is 3.38. The van der Waals surface area contributed by atoms with E-state index in [0.717, 1.165) is 17.7 Å². The molecule has 1 unspecified atom stereocenters. The smallest absolute Gasteiger partial charge is 0.404 e. The Hall–Kier alpha value is -1.98. The maximum Gasteiger partial charge on any atom is 0.573 e. The van der Waals surface area contributed by atoms with Crippen LogP contribution in [0, 0.1) is 6.92 Å². The maximum absolute atomic E-state index is 12.6. The first-order chi connectivity index (χ1) is 9.80. The molecule has 114 valence electrons. The number of halogens is 3. The highest BCUT2D eigenvalue weighted by molar-refractivity contribution is 5.50. The van der Waals surface area contributed by atoms with Crippen molar-refractivity contribution < 1.29 is 17.9 Å². The van der Waals surface area contributed by atoms with Crippen molar-refractivity contribution in [2.45, 2.75) is 39.5 Å². The maximum atomic E-state index is 12.6. The topological polar surface area (TPSA) is 27.1 Å². The minimum absolute atomic E-state index is 0.166. The van der Waals surface area contributed by atoms with Crippen LogP contribution in [0.1, 0.15) is 37.4 Å². The number of hydrogen-bond acceptors (Lipinski definition) is 2. The molecule has 0 radical (unpaired) electrons. The van der Waals surface area contributed by atoms with Gasteiger partial charge in [-0.05, 0) is 37.0 Å². The van der Waals surface area contributed by atoms with E-state index in [1.54, 1.807) is 19.2 Å². The Morgan fingerprint density at radius 2 is 2.05 bits per heavy atom. The van der Waals surface area contributed by atoms with Gasteiger partial charge in [0.15, 0.2) is 5.75 Å². The van der Waals surface area contributed by atoms with Gasteiger partial charge in [0, 0.05) is 6.20 Å². The Morgan fingerprint density at radius 3 is 2.57 bits per heavy atom. The molecule has 2 aromatic rings. The molecule has 1 aromatic carbocycles. The number of aromatic nitrogens is 2. The van der Waals surface area contributed by atoms with E-state index < -0.39 is 6.36 Å². The van der Waals surface area contributed by atoms with Crippen LogP contribution < -0.4 is 4.74 Å². The summed E-state index contributed by atoms with van der Waals surface area (Å²) >= 11 is 0. The molecule has 0 bridgehead atoms. The molecule has 0 saturated heterocycles. The van der Waals surface area contributed by atoms with Gasteiger partial charge >= 0.3 is 6.36 Å². The second-order valence-electron chi connectivity index (χ2n) is 5.01. The van der Waals surface area contributed by atoms with Gasteiger partial charge in [-0.1, -0.05) is 19.9 Å². The van der Waals surface area contributed by atoms with Crippen molar-refractivity contribution in [3.63, 3.8) is 0 Å². The first-order valence-corrected chi connectivity index (χ1v) is 6.71. The summed E-state index contributed by atoms with van der Waals surface area (Å²) in [6.45, 7) is 5.73. The average molecular weight is 298 g/mol. The van der Waals surface area contributed by atoms with E-state index in [9.17, 15) is 13.2 Å². The molecule has 1 heterocycles. The molecule has 0 aliphatic heterocycles. The van der Waals surface area contributed by atoms with Gasteiger partial charge in [0.2, 0.25) is 0 Å². The number of rotatable bonds is 4. The molecule has 2 rings (SSSR count). The van der Waals surface area contributed by atoms with Crippen molar-refractivity contribution in [3.8, 4) is 11.4 Å². The van der Waals surface area contributed by atoms with Crippen LogP contribution in [0.3, 0.4) is 0 Å². The van der Waals surface area contributed by atoms with Crippen molar-refractivity contribution >= 4 is 0 Å². The Kier molecular flexibility index (Phi) is 4.25. The zero-order chi connectivity index (χ0) is 15.6. The molecule has 21 heavy (non-hydrogen) atoms. The van der Waals surface area contributed by atoms with Gasteiger partial charge in [-0.15, -0.1) is 13.2 Å². The molecule has 6 heteroatoms. The Labute approximate surface area is 121 Å². The van der Waals surface area contributed by atoms with Crippen LogP contribution in [0.2, 0.25) is 0 Å². The highest BCUT2D eigenvalue weighted by Crippen LogP contribution is 2.33. The van der Waals surface area contributed by atoms with Gasteiger partial charge in [0.05, 0.1) is 17.7 Å². The Bertz CT molecular complexity index is 620. The number of alkyl halides is 3. The molecule has 0 spiro atoms. The third-order valence-electron chi connectivity index (χ3n) is 3.38. The summed E-state index contributed by atoms with van der Waals surface area (Å²) < 4.78 is 43.5. The van der Waals surface area contributed by atoms with E-state index in [-0.39, 0.29) is 11.7 Å². The number of aryl methyl sites for hydroxylation is 1. The highest BCUT2D eigenvalue weighted by Gasteiger charge is 2.32. The second-order valence-corrected chi connectivity index (χ2v) is 5.01. The average Bonchev–Trinajstić information content (AvgIpc) is 2.82. The van der Waals surface area contributed by atoms with E-state index in [4.69, 9.17) is 0 Å². The van der Waals surface area contributed by atoms with Crippen LogP contribution in [0.25, 0.3) is 5.69 Å². The van der Waals surface area contributed by atoms with Crippen molar-refractivity contribution in [2.24, 2.45) is 0 Å². The van der Waals surface area contributed by atoms with Gasteiger partial charge in [-0.3, -0.25) is 0 Å². The molecule has 0 N–H and O–H groups in total. The monoisotopic (exact) mass is 298 g/mol. The van der Waals surface area contributed by atoms with Crippen molar-refractivity contribution in [1.29, 1.82) is 0 Å². The van der Waals surface area contributed by atoms with Crippen molar-refractivity contribution in [1.82, 2.24) is 9.55 Å². The fraction of sp³-hybridized carbons (Fsp3) is 0.400. The van der Waals surface area contributed by atoms with Crippen molar-refractivity contribution in [2.75, 3.05) is 0 Å². The molecule has 0 fully saturated rings. The van der Waals surface area contributed by atoms with E-state index in [0.29, 0.717) is 5.69 Å². The minimum atomic E-state index is -4.72. The first-order valence-electron chi connectivity index (χ1n) is 6.71. The minimum Gasteiger partial charge on any atom is -0.404 e. The summed E-state index contributed by atoms with van der Waals surface area (Å²) in [6.07, 6.45) is -0.758. The van der Waals surface area contributed by atoms with E-state index in [1.165, 1.54) is 17.0 Å². The lowest BCUT2D eigenvalue weighted by Crippen LogP contribution is -2.18. The molecule has 3 nitrogen and oxygen atoms in total. The summed E-state index contributed by atoms with van der Waals surface area (Å²) in [6, 6.07) is 4.90. The Balaban J connectivity index is 2.48. The van der Waals surface area contributed by atoms with Gasteiger partial charge in [-0.25, -0.2) is 4.98 Å². The molecule has 1 atom stereocenters. The van der Waals surface area contributed by atoms with Crippen molar-refractivity contribution in [3.05, 3.63) is 42.0 Å². The van der Waals surface area contributed by atoms with Crippen LogP contribution in [-0.2, 0) is 0 Å². The highest BCUT2D eigenvalue weighted by atomic mass is 19.4. The van der Waals surface area contributed by atoms with Gasteiger partial charge in [-0.2, -0.15) is 0 Å². The van der Waals surface area contributed by atoms with Crippen LogP contribution in [0.15, 0.2) is 30.7 Å². The number of benzene rings is 1. The predicted octanol–water partition coefficient (Wildman–Crippen LogP) is 4.59. The summed E-state index contributed by atoms with van der Waals surface area (Å²) in [5, 5.41) is 0. The number of imidazole rings is 1. The van der Waals surface area contributed by atoms with E-state index in [2.05, 4.69) is 9.72 Å². The number of nitrogens with zero attached hydrogens (tertiary/aromatic N) is 2. The van der Waals surface area contributed by atoms with Gasteiger partial charge in [0.1, 0.15) is 0 Å². The molecular weight excluding hydrogens is 281 g/mol. The van der Waals surface area contributed by atoms with Crippen LogP contribution >= 0.6 is 0 Å². The molecule has 1 aromatic heterocycles. The summed E-state index contributed by atoms with van der Waals surface area (Å²) in [5.41, 5.74) is 1.86. The van der Waals surface area contributed by atoms with Crippen LogP contribution in [-0.4, -0.2) is 15.9 Å². The Morgan fingerprint density at radius 1 is 1.33 bits per heavy atom. The molecular formula is C15H17F3N2O. The standard InChI is InChI=1S/C15H17F3N2O/c1-4-10(2)12-5-6-13(20-8-11(3)19-9-20)14(7-12)21-15(16,17)18/h5-10H,4H2,1-3H3. The summed E-state index contributed by atoms with van der Waals surface area (Å²) in [7, 11) is 0. The van der Waals surface area contributed by atoms with Gasteiger partial charge in [0.25, 0.3) is 0 Å². The van der Waals surface area contributed by atoms with Gasteiger partial charge < -0.3 is 9.30 Å². The SMILES string of the molecule is CCC(C)c1ccc(-n2cnc(C)c2)c(OC(F)(F)F)c1. The quantitative estimate of drug-likeness (QED) is 0.825. The fourth-order valence-corrected chi connectivity index (χ4v) is 2.05. The molecule has 0 amide bonds. The lowest BCUT2D eigenvalue weighted by atomic mass is 9.98. The van der Waals surface area contributed by atoms with E-state index >= 15 is 0 Å². The third kappa shape index (κ3) is 3.77. The fourth-order valence-electron chi connectivity index (χ4n) is 2.05. The molecule has 0 saturated carbocycles. The second kappa shape index (κ2) is 5.79. The summed E-state index contributed by atoms with van der Waals surface area (Å²) in [5.74, 6) is -0.0446. The van der Waals surface area contributed by atoms with E-state index in [1.807, 2.05) is 19.9 Å². The lowest BCUT2D eigenvalue weighted by molar-refractivity contribution is -0.274. The number of hydrogen-bond donors (Lipinski definition) is 0. The van der Waals surface area contributed by atoms with Crippen LogP contribution in [0.5, 0.6) is 5.75 Å². The predicted molar refractivity (Wildman–Crippen MR) is 73.7 cm³/mol. The zero-order valence-electron chi connectivity index (χ0n) is 12.1.